The quantitative estimate of drug-likeness (QED) is 0.152. The number of rotatable bonds is 7. The molecule has 0 aromatic heterocycles. The Kier molecular flexibility index (Phi) is 8.34. The summed E-state index contributed by atoms with van der Waals surface area (Å²) in [6.07, 6.45) is 7.70. The molecule has 2 aliphatic rings. The second-order valence-electron chi connectivity index (χ2n) is 10.9. The normalized spacial score (nSPS) is 20.5. The molecule has 6 N–H and O–H groups in total. The highest BCUT2D eigenvalue weighted by molar-refractivity contribution is 8.30. The number of aliphatic carboxylic acids is 1. The predicted molar refractivity (Wildman–Crippen MR) is 165 cm³/mol. The maximum atomic E-state index is 13.7. The number of amides is 1. The molecule has 5 rings (SSSR count). The summed E-state index contributed by atoms with van der Waals surface area (Å²) in [5.41, 5.74) is 3.35. The minimum absolute atomic E-state index is 0.0421. The molecule has 1 saturated carbocycles. The van der Waals surface area contributed by atoms with Gasteiger partial charge in [0.25, 0.3) is 0 Å². The van der Waals surface area contributed by atoms with E-state index >= 15 is 0 Å². The van der Waals surface area contributed by atoms with E-state index in [1.807, 2.05) is 24.3 Å². The zero-order valence-corrected chi connectivity index (χ0v) is 24.2. The van der Waals surface area contributed by atoms with Crippen LogP contribution in [0.4, 0.5) is 5.69 Å². The Balaban J connectivity index is 1.36. The first-order chi connectivity index (χ1) is 19.5. The summed E-state index contributed by atoms with van der Waals surface area (Å²) >= 11 is 0. The van der Waals surface area contributed by atoms with E-state index in [1.54, 1.807) is 42.5 Å². The molecular weight excluding hydrogens is 562 g/mol. The third kappa shape index (κ3) is 6.53. The molecular formula is C31H35NO7S2. The molecule has 1 fully saturated rings. The van der Waals surface area contributed by atoms with Crippen molar-refractivity contribution in [3.63, 3.8) is 0 Å². The van der Waals surface area contributed by atoms with Gasteiger partial charge in [-0.15, -0.1) is 0 Å². The number of anilines is 1. The van der Waals surface area contributed by atoms with Crippen molar-refractivity contribution in [2.24, 2.45) is 5.41 Å². The van der Waals surface area contributed by atoms with E-state index in [4.69, 9.17) is 5.11 Å². The summed E-state index contributed by atoms with van der Waals surface area (Å²) in [4.78, 5) is 25.0. The van der Waals surface area contributed by atoms with Gasteiger partial charge in [-0.3, -0.25) is 23.0 Å². The van der Waals surface area contributed by atoms with Gasteiger partial charge in [-0.25, -0.2) is 4.79 Å². The lowest BCUT2D eigenvalue weighted by Crippen LogP contribution is -2.40. The highest BCUT2D eigenvalue weighted by Gasteiger charge is 2.39. The molecule has 1 aliphatic heterocycles. The van der Waals surface area contributed by atoms with Crippen molar-refractivity contribution in [2.75, 3.05) is 16.8 Å². The Bertz CT molecular complexity index is 1480. The van der Waals surface area contributed by atoms with Gasteiger partial charge < -0.3 is 10.4 Å². The molecule has 3 aromatic carbocycles. The molecule has 0 spiro atoms. The fourth-order valence-corrected chi connectivity index (χ4v) is 10.2. The van der Waals surface area contributed by atoms with Crippen LogP contribution in [0.5, 0.6) is 0 Å². The largest absolute Gasteiger partial charge is 0.478 e. The Hall–Kier alpha value is -3.12. The lowest BCUT2D eigenvalue weighted by molar-refractivity contribution is -0.131. The summed E-state index contributed by atoms with van der Waals surface area (Å²) in [6, 6.07) is 20.0. The number of carboxylic acid groups (broad SMARTS) is 1. The molecule has 0 atom stereocenters. The van der Waals surface area contributed by atoms with Crippen molar-refractivity contribution < 1.29 is 32.9 Å². The first kappa shape index (κ1) is 29.4. The van der Waals surface area contributed by atoms with E-state index in [0.29, 0.717) is 17.7 Å². The minimum atomic E-state index is -3.10. The van der Waals surface area contributed by atoms with Crippen molar-refractivity contribution in [1.82, 2.24) is 0 Å². The monoisotopic (exact) mass is 597 g/mol. The van der Waals surface area contributed by atoms with Crippen molar-refractivity contribution >= 4 is 44.8 Å². The topological polar surface area (TPSA) is 147 Å². The predicted octanol–water partition coefficient (Wildman–Crippen LogP) is 7.82. The second-order valence-corrected chi connectivity index (χ2v) is 15.2. The van der Waals surface area contributed by atoms with Crippen LogP contribution in [0.25, 0.3) is 17.2 Å². The third-order valence-corrected chi connectivity index (χ3v) is 12.0. The van der Waals surface area contributed by atoms with Gasteiger partial charge in [-0.05, 0) is 71.9 Å². The van der Waals surface area contributed by atoms with Gasteiger partial charge in [0, 0.05) is 11.8 Å². The fraction of sp³-hybridized carbons (Fsp3) is 0.290. The molecule has 10 heteroatoms. The van der Waals surface area contributed by atoms with Crippen molar-refractivity contribution in [3.8, 4) is 11.1 Å². The Morgan fingerprint density at radius 2 is 1.46 bits per heavy atom. The first-order valence-corrected chi connectivity index (χ1v) is 17.0. The van der Waals surface area contributed by atoms with Gasteiger partial charge in [-0.1, -0.05) is 61.7 Å². The van der Waals surface area contributed by atoms with E-state index in [-0.39, 0.29) is 27.2 Å². The SMILES string of the molecule is O=C(O)/C=C/c1cccc(NC(=O)C2(Cc3ccc(-c4ccc5c(c4)S(O)(O)CCS5(O)O)cc3)CCCCC2)c1. The average molecular weight is 598 g/mol. The Morgan fingerprint density at radius 3 is 2.15 bits per heavy atom. The number of benzene rings is 3. The number of hydrogen-bond donors (Lipinski definition) is 6. The smallest absolute Gasteiger partial charge is 0.328 e. The van der Waals surface area contributed by atoms with Crippen molar-refractivity contribution in [1.29, 1.82) is 0 Å². The van der Waals surface area contributed by atoms with Gasteiger partial charge in [0.1, 0.15) is 0 Å². The van der Waals surface area contributed by atoms with Crippen LogP contribution in [0.1, 0.15) is 43.2 Å². The number of carbonyl (C=O) groups is 2. The van der Waals surface area contributed by atoms with Crippen LogP contribution < -0.4 is 5.32 Å². The molecule has 0 bridgehead atoms. The maximum absolute atomic E-state index is 13.7. The number of hydrogen-bond acceptors (Lipinski definition) is 6. The van der Waals surface area contributed by atoms with Gasteiger partial charge in [0.2, 0.25) is 5.91 Å². The average Bonchev–Trinajstić information content (AvgIpc) is 2.95. The molecule has 0 saturated heterocycles. The van der Waals surface area contributed by atoms with Gasteiger partial charge in [0.15, 0.2) is 0 Å². The molecule has 0 unspecified atom stereocenters. The van der Waals surface area contributed by atoms with Crippen LogP contribution in [0.15, 0.2) is 82.6 Å². The number of carbonyl (C=O) groups excluding carboxylic acids is 1. The van der Waals surface area contributed by atoms with E-state index < -0.39 is 32.6 Å². The number of nitrogens with one attached hydrogen (secondary N) is 1. The van der Waals surface area contributed by atoms with Crippen LogP contribution in [-0.2, 0) is 16.0 Å². The molecule has 0 radical (unpaired) electrons. The van der Waals surface area contributed by atoms with Crippen LogP contribution in [0, 0.1) is 5.41 Å². The van der Waals surface area contributed by atoms with Crippen LogP contribution in [-0.4, -0.2) is 46.7 Å². The molecule has 1 heterocycles. The zero-order valence-electron chi connectivity index (χ0n) is 22.5. The number of carboxylic acids is 1. The van der Waals surface area contributed by atoms with E-state index in [9.17, 15) is 27.8 Å². The van der Waals surface area contributed by atoms with Gasteiger partial charge >= 0.3 is 5.97 Å². The molecule has 1 aliphatic carbocycles. The minimum Gasteiger partial charge on any atom is -0.478 e. The van der Waals surface area contributed by atoms with Crippen LogP contribution >= 0.6 is 21.2 Å². The molecule has 8 nitrogen and oxygen atoms in total. The number of fused-ring (bicyclic) bond motifs is 1. The van der Waals surface area contributed by atoms with E-state index in [1.165, 1.54) is 6.08 Å². The highest BCUT2D eigenvalue weighted by atomic mass is 32.3. The first-order valence-electron chi connectivity index (χ1n) is 13.6. The van der Waals surface area contributed by atoms with Crippen molar-refractivity contribution in [2.45, 2.75) is 48.3 Å². The Labute approximate surface area is 242 Å². The third-order valence-electron chi connectivity index (χ3n) is 7.99. The maximum Gasteiger partial charge on any atom is 0.328 e. The lowest BCUT2D eigenvalue weighted by Gasteiger charge is -2.46. The summed E-state index contributed by atoms with van der Waals surface area (Å²) in [5.74, 6) is -1.20. The second kappa shape index (κ2) is 11.6. The van der Waals surface area contributed by atoms with Crippen molar-refractivity contribution in [3.05, 3.63) is 83.9 Å². The fourth-order valence-electron chi connectivity index (χ4n) is 5.74. The lowest BCUT2D eigenvalue weighted by atomic mass is 9.69. The molecule has 218 valence electrons. The molecule has 41 heavy (non-hydrogen) atoms. The van der Waals surface area contributed by atoms with Gasteiger partial charge in [0.05, 0.1) is 26.7 Å². The van der Waals surface area contributed by atoms with Gasteiger partial charge in [-0.2, -0.15) is 21.2 Å². The summed E-state index contributed by atoms with van der Waals surface area (Å²) in [7, 11) is -6.14. The Morgan fingerprint density at radius 1 is 0.805 bits per heavy atom. The summed E-state index contributed by atoms with van der Waals surface area (Å²) < 4.78 is 42.0. The molecule has 3 aromatic rings. The summed E-state index contributed by atoms with van der Waals surface area (Å²) in [5, 5.41) is 12.0. The van der Waals surface area contributed by atoms with E-state index in [2.05, 4.69) is 5.32 Å². The van der Waals surface area contributed by atoms with E-state index in [0.717, 1.165) is 54.9 Å². The standard InChI is InChI=1S/C31H35NO7S2/c33-29(34)14-9-22-5-4-6-26(19-22)32-30(35)31(15-2-1-3-16-31)21-23-7-10-24(11-8-23)25-12-13-27-28(20-25)41(38,39)18-17-40(27,36)37/h4-14,19-20,36-39H,1-3,15-18,21H2,(H,32,35)(H,33,34)/b14-9+. The zero-order chi connectivity index (χ0) is 29.3. The van der Waals surface area contributed by atoms with Crippen LogP contribution in [0.3, 0.4) is 0 Å². The van der Waals surface area contributed by atoms with Crippen LogP contribution in [0.2, 0.25) is 0 Å². The highest BCUT2D eigenvalue weighted by Crippen LogP contribution is 2.65. The molecule has 1 amide bonds. The summed E-state index contributed by atoms with van der Waals surface area (Å²) in [6.45, 7) is 0.